The van der Waals surface area contributed by atoms with E-state index in [0.717, 1.165) is 13.5 Å². The quantitative estimate of drug-likeness (QED) is 0.636. The molecule has 0 amide bonds. The van der Waals surface area contributed by atoms with Crippen molar-refractivity contribution >= 4 is 0 Å². The molecule has 1 atom stereocenters. The van der Waals surface area contributed by atoms with Crippen molar-refractivity contribution < 1.29 is 13.5 Å². The summed E-state index contributed by atoms with van der Waals surface area (Å²) >= 11 is 0. The number of allylic oxidation sites excluding steroid dienone is 3. The molecule has 1 aliphatic carbocycles. The molecule has 1 nitrogen and oxygen atoms in total. The van der Waals surface area contributed by atoms with Crippen LogP contribution >= 0.6 is 0 Å². The van der Waals surface area contributed by atoms with Gasteiger partial charge in [0, 0.05) is 12.7 Å². The Bertz CT molecular complexity index is 244. The maximum absolute atomic E-state index is 13.0. The van der Waals surface area contributed by atoms with E-state index in [1.54, 1.807) is 6.08 Å². The first-order valence-corrected chi connectivity index (χ1v) is 4.85. The van der Waals surface area contributed by atoms with Crippen LogP contribution in [-0.4, -0.2) is 13.2 Å². The van der Waals surface area contributed by atoms with Crippen molar-refractivity contribution in [3.8, 4) is 0 Å². The highest BCUT2D eigenvalue weighted by atomic mass is 19.3. The van der Waals surface area contributed by atoms with Gasteiger partial charge in [-0.2, -0.15) is 8.78 Å². The molecular formula is C11H16F2O. The zero-order chi connectivity index (χ0) is 10.6. The molecule has 0 fully saturated rings. The highest BCUT2D eigenvalue weighted by Gasteiger charge is 2.35. The number of methoxy groups -OCH3 is 1. The number of rotatable bonds is 3. The predicted molar refractivity (Wildman–Crippen MR) is 52.2 cm³/mol. The third kappa shape index (κ3) is 2.64. The molecule has 0 aromatic rings. The summed E-state index contributed by atoms with van der Waals surface area (Å²) in [6.07, 6.45) is 4.48. The van der Waals surface area contributed by atoms with Gasteiger partial charge in [0.2, 0.25) is 0 Å². The molecule has 14 heavy (non-hydrogen) atoms. The number of hydrogen-bond donors (Lipinski definition) is 0. The van der Waals surface area contributed by atoms with Gasteiger partial charge in [-0.25, -0.2) is 0 Å². The van der Waals surface area contributed by atoms with Crippen LogP contribution in [0.3, 0.4) is 0 Å². The van der Waals surface area contributed by atoms with E-state index in [1.807, 2.05) is 13.0 Å². The smallest absolute Gasteiger partial charge is 0.320 e. The molecule has 1 rings (SSSR count). The minimum absolute atomic E-state index is 0.126. The van der Waals surface area contributed by atoms with Crippen LogP contribution in [0.2, 0.25) is 0 Å². The number of hydrogen-bond acceptors (Lipinski definition) is 1. The van der Waals surface area contributed by atoms with Crippen molar-refractivity contribution in [3.63, 3.8) is 0 Å². The first-order valence-electron chi connectivity index (χ1n) is 4.85. The van der Waals surface area contributed by atoms with Gasteiger partial charge in [0.15, 0.2) is 0 Å². The van der Waals surface area contributed by atoms with Crippen LogP contribution in [0.15, 0.2) is 23.8 Å². The van der Waals surface area contributed by atoms with E-state index in [-0.39, 0.29) is 5.57 Å². The van der Waals surface area contributed by atoms with E-state index in [9.17, 15) is 8.78 Å². The molecule has 0 aromatic carbocycles. The van der Waals surface area contributed by atoms with Crippen LogP contribution in [-0.2, 0) is 4.74 Å². The largest absolute Gasteiger partial charge is 0.379 e. The fourth-order valence-corrected chi connectivity index (χ4v) is 1.70. The zero-order valence-electron chi connectivity index (χ0n) is 8.59. The molecule has 0 spiro atoms. The van der Waals surface area contributed by atoms with Crippen LogP contribution in [0.25, 0.3) is 0 Å². The standard InChI is InChI=1S/C11H16F2O/c1-3-4-9-5-7-10(8-6-9)11(12,13)14-2/h3-4,7,9H,5-6,8H2,1-2H3/b4-3+. The molecule has 80 valence electrons. The van der Waals surface area contributed by atoms with E-state index in [2.05, 4.69) is 10.8 Å². The fourth-order valence-electron chi connectivity index (χ4n) is 1.70. The molecule has 0 heterocycles. The summed E-state index contributed by atoms with van der Waals surface area (Å²) < 4.78 is 30.2. The van der Waals surface area contributed by atoms with Crippen molar-refractivity contribution in [2.24, 2.45) is 5.92 Å². The van der Waals surface area contributed by atoms with Crippen LogP contribution in [0, 0.1) is 5.92 Å². The van der Waals surface area contributed by atoms with E-state index in [4.69, 9.17) is 0 Å². The topological polar surface area (TPSA) is 9.23 Å². The minimum atomic E-state index is -3.07. The summed E-state index contributed by atoms with van der Waals surface area (Å²) in [6, 6.07) is 0. The van der Waals surface area contributed by atoms with Crippen LogP contribution in [0.4, 0.5) is 8.78 Å². The lowest BCUT2D eigenvalue weighted by Gasteiger charge is -2.24. The molecule has 0 aliphatic heterocycles. The van der Waals surface area contributed by atoms with E-state index >= 15 is 0 Å². The summed E-state index contributed by atoms with van der Waals surface area (Å²) in [5, 5.41) is 0. The average molecular weight is 202 g/mol. The summed E-state index contributed by atoms with van der Waals surface area (Å²) in [5.74, 6) is 0.413. The van der Waals surface area contributed by atoms with Crippen molar-refractivity contribution in [1.82, 2.24) is 0 Å². The minimum Gasteiger partial charge on any atom is -0.320 e. The Balaban J connectivity index is 2.61. The third-order valence-corrected chi connectivity index (χ3v) is 2.55. The second kappa shape index (κ2) is 4.69. The molecule has 1 unspecified atom stereocenters. The van der Waals surface area contributed by atoms with E-state index in [1.165, 1.54) is 0 Å². The van der Waals surface area contributed by atoms with Gasteiger partial charge >= 0.3 is 6.11 Å². The lowest BCUT2D eigenvalue weighted by molar-refractivity contribution is -0.192. The summed E-state index contributed by atoms with van der Waals surface area (Å²) in [6.45, 7) is 1.95. The van der Waals surface area contributed by atoms with Gasteiger partial charge in [-0.15, -0.1) is 0 Å². The maximum atomic E-state index is 13.0. The maximum Gasteiger partial charge on any atom is 0.379 e. The van der Waals surface area contributed by atoms with Crippen LogP contribution < -0.4 is 0 Å². The Labute approximate surface area is 83.4 Å². The second-order valence-corrected chi connectivity index (χ2v) is 3.51. The Morgan fingerprint density at radius 3 is 2.71 bits per heavy atom. The average Bonchev–Trinajstić information content (AvgIpc) is 2.19. The lowest BCUT2D eigenvalue weighted by atomic mass is 9.89. The molecule has 0 aromatic heterocycles. The third-order valence-electron chi connectivity index (χ3n) is 2.55. The van der Waals surface area contributed by atoms with Gasteiger partial charge in [-0.3, -0.25) is 0 Å². The number of ether oxygens (including phenoxy) is 1. The molecule has 0 bridgehead atoms. The van der Waals surface area contributed by atoms with Crippen molar-refractivity contribution in [1.29, 1.82) is 0 Å². The Morgan fingerprint density at radius 1 is 1.57 bits per heavy atom. The van der Waals surface area contributed by atoms with Crippen LogP contribution in [0.5, 0.6) is 0 Å². The van der Waals surface area contributed by atoms with Gasteiger partial charge in [0.05, 0.1) is 0 Å². The van der Waals surface area contributed by atoms with Crippen molar-refractivity contribution in [2.75, 3.05) is 7.11 Å². The number of halogens is 2. The Hall–Kier alpha value is -0.700. The van der Waals surface area contributed by atoms with Gasteiger partial charge in [0.1, 0.15) is 0 Å². The van der Waals surface area contributed by atoms with Gasteiger partial charge < -0.3 is 4.74 Å². The van der Waals surface area contributed by atoms with Gasteiger partial charge in [-0.05, 0) is 32.1 Å². The number of alkyl halides is 2. The first kappa shape index (κ1) is 11.4. The second-order valence-electron chi connectivity index (χ2n) is 3.51. The van der Waals surface area contributed by atoms with Crippen molar-refractivity contribution in [2.45, 2.75) is 32.3 Å². The van der Waals surface area contributed by atoms with Gasteiger partial charge in [0.25, 0.3) is 0 Å². The predicted octanol–water partition coefficient (Wildman–Crippen LogP) is 3.53. The lowest BCUT2D eigenvalue weighted by Crippen LogP contribution is -2.24. The summed E-state index contributed by atoms with van der Waals surface area (Å²) in [4.78, 5) is 0. The highest BCUT2D eigenvalue weighted by molar-refractivity contribution is 5.14. The monoisotopic (exact) mass is 202 g/mol. The Kier molecular flexibility index (Phi) is 3.81. The molecule has 1 aliphatic rings. The highest BCUT2D eigenvalue weighted by Crippen LogP contribution is 2.34. The van der Waals surface area contributed by atoms with E-state index in [0.29, 0.717) is 18.8 Å². The SMILES string of the molecule is C/C=C/C1CC=C(C(F)(F)OC)CC1. The summed E-state index contributed by atoms with van der Waals surface area (Å²) in [7, 11) is 1.04. The molecule has 0 radical (unpaired) electrons. The fraction of sp³-hybridized carbons (Fsp3) is 0.636. The molecule has 0 saturated carbocycles. The summed E-state index contributed by atoms with van der Waals surface area (Å²) in [5.41, 5.74) is 0.126. The first-order chi connectivity index (χ1) is 6.60. The Morgan fingerprint density at radius 2 is 2.29 bits per heavy atom. The molecular weight excluding hydrogens is 186 g/mol. The molecule has 3 heteroatoms. The molecule has 0 N–H and O–H groups in total. The van der Waals surface area contributed by atoms with Crippen molar-refractivity contribution in [3.05, 3.63) is 23.8 Å². The zero-order valence-corrected chi connectivity index (χ0v) is 8.59. The normalized spacial score (nSPS) is 24.0. The van der Waals surface area contributed by atoms with E-state index < -0.39 is 6.11 Å². The van der Waals surface area contributed by atoms with Crippen LogP contribution in [0.1, 0.15) is 26.2 Å². The molecule has 0 saturated heterocycles. The van der Waals surface area contributed by atoms with Gasteiger partial charge in [-0.1, -0.05) is 18.2 Å².